The molecule has 0 aromatic heterocycles. The van der Waals surface area contributed by atoms with Crippen LogP contribution < -0.4 is 0 Å². The number of rotatable bonds is 0. The summed E-state index contributed by atoms with van der Waals surface area (Å²) in [5, 5.41) is 0. The minimum Gasteiger partial charge on any atom is -0.269 e. The monoisotopic (exact) mass is 76.1 g/mol. The fourth-order valence-corrected chi connectivity index (χ4v) is 0.167. The third-order valence-corrected chi connectivity index (χ3v) is 0.866. The Bertz CT molecular complexity index is 22.8. The first kappa shape index (κ1) is 4.93. The Labute approximate surface area is 31.6 Å². The first-order chi connectivity index (χ1) is 1.89. The van der Waals surface area contributed by atoms with Crippen molar-refractivity contribution in [2.75, 3.05) is 0 Å². The van der Waals surface area contributed by atoms with Crippen LogP contribution in [0.25, 0.3) is 0 Å². The molecule has 0 aromatic rings. The molecule has 0 heterocycles. The molecule has 1 aliphatic rings. The molecular weight excluding hydrogens is 67.0 g/mol. The normalized spacial score (nSPS) is 21.0. The van der Waals surface area contributed by atoms with Gasteiger partial charge in [0.25, 0.3) is 0 Å². The average Bonchev–Trinajstić information content (AvgIpc) is 1.75. The predicted molar refractivity (Wildman–Crippen MR) is 20.9 cm³/mol. The van der Waals surface area contributed by atoms with Crippen LogP contribution in [0.5, 0.6) is 0 Å². The second-order valence-electron chi connectivity index (χ2n) is 1.68. The zero-order chi connectivity index (χ0) is 2.99. The molecule has 5 heavy (non-hydrogen) atoms. The maximum atomic E-state index is 2.28. The molecule has 0 radical (unpaired) electrons. The topological polar surface area (TPSA) is 0 Å². The van der Waals surface area contributed by atoms with Gasteiger partial charge in [0.1, 0.15) is 0 Å². The van der Waals surface area contributed by atoms with Crippen molar-refractivity contribution in [1.82, 2.24) is 0 Å². The van der Waals surface area contributed by atoms with E-state index >= 15 is 0 Å². The molecule has 0 aromatic carbocycles. The molecule has 0 N–H and O–H groups in total. The van der Waals surface area contributed by atoms with Crippen molar-refractivity contribution in [3.05, 3.63) is 0 Å². The quantitative estimate of drug-likeness (QED) is 0.411. The van der Waals surface area contributed by atoms with Crippen molar-refractivity contribution in [2.24, 2.45) is 5.92 Å². The standard InChI is InChI=1S/C4H8.FH/c1-4-2-3-4;/h4H,2-3H2,1H3;1H. The Hall–Kier alpha value is -0.0700. The van der Waals surface area contributed by atoms with E-state index in [9.17, 15) is 0 Å². The Morgan fingerprint density at radius 2 is 1.60 bits per heavy atom. The van der Waals surface area contributed by atoms with Crippen LogP contribution in [0.4, 0.5) is 4.70 Å². The summed E-state index contributed by atoms with van der Waals surface area (Å²) in [6.45, 7) is 2.28. The van der Waals surface area contributed by atoms with E-state index < -0.39 is 0 Å². The Morgan fingerprint density at radius 1 is 1.40 bits per heavy atom. The van der Waals surface area contributed by atoms with Gasteiger partial charge in [-0.15, -0.1) is 0 Å². The summed E-state index contributed by atoms with van der Waals surface area (Å²) in [7, 11) is 0. The lowest BCUT2D eigenvalue weighted by atomic mass is 10.5. The highest BCUT2D eigenvalue weighted by molar-refractivity contribution is 4.65. The zero-order valence-corrected chi connectivity index (χ0v) is 3.40. The SMILES string of the molecule is CC1CC1.F. The van der Waals surface area contributed by atoms with Gasteiger partial charge in [0, 0.05) is 0 Å². The molecule has 1 rings (SSSR count). The summed E-state index contributed by atoms with van der Waals surface area (Å²) in [4.78, 5) is 0. The molecular formula is C4H9F. The molecule has 0 unspecified atom stereocenters. The highest BCUT2D eigenvalue weighted by Crippen LogP contribution is 2.26. The van der Waals surface area contributed by atoms with Crippen molar-refractivity contribution in [3.63, 3.8) is 0 Å². The molecule has 0 amide bonds. The molecule has 0 bridgehead atoms. The smallest absolute Gasteiger partial charge is 0.0443 e. The third-order valence-electron chi connectivity index (χ3n) is 0.866. The Kier molecular flexibility index (Phi) is 1.37. The van der Waals surface area contributed by atoms with Crippen LogP contribution in [0, 0.1) is 5.92 Å². The van der Waals surface area contributed by atoms with E-state index in [1.54, 1.807) is 0 Å². The van der Waals surface area contributed by atoms with E-state index in [0.29, 0.717) is 0 Å². The van der Waals surface area contributed by atoms with Gasteiger partial charge in [-0.3, -0.25) is 4.70 Å². The van der Waals surface area contributed by atoms with Crippen molar-refractivity contribution in [3.8, 4) is 0 Å². The van der Waals surface area contributed by atoms with Crippen LogP contribution in [-0.2, 0) is 0 Å². The first-order valence-electron chi connectivity index (χ1n) is 1.89. The highest BCUT2D eigenvalue weighted by Gasteiger charge is 2.12. The van der Waals surface area contributed by atoms with E-state index in [0.717, 1.165) is 5.92 Å². The van der Waals surface area contributed by atoms with E-state index in [1.807, 2.05) is 0 Å². The Balaban J connectivity index is 0.000000160. The summed E-state index contributed by atoms with van der Waals surface area (Å²) in [6.07, 6.45) is 2.97. The maximum Gasteiger partial charge on any atom is -0.0443 e. The zero-order valence-electron chi connectivity index (χ0n) is 3.40. The van der Waals surface area contributed by atoms with Crippen LogP contribution in [0.15, 0.2) is 0 Å². The predicted octanol–water partition coefficient (Wildman–Crippen LogP) is 1.57. The average molecular weight is 76.1 g/mol. The number of hydrogen-bond acceptors (Lipinski definition) is 0. The fraction of sp³-hybridized carbons (Fsp3) is 1.00. The fourth-order valence-electron chi connectivity index (χ4n) is 0.167. The highest BCUT2D eigenvalue weighted by atomic mass is 19.0. The largest absolute Gasteiger partial charge is 0.269 e. The second kappa shape index (κ2) is 1.39. The van der Waals surface area contributed by atoms with E-state index in [1.165, 1.54) is 12.8 Å². The molecule has 1 heteroatoms. The summed E-state index contributed by atoms with van der Waals surface area (Å²) in [5.74, 6) is 1.08. The molecule has 32 valence electrons. The van der Waals surface area contributed by atoms with Crippen LogP contribution in [-0.4, -0.2) is 0 Å². The van der Waals surface area contributed by atoms with E-state index in [-0.39, 0.29) is 4.70 Å². The van der Waals surface area contributed by atoms with Crippen molar-refractivity contribution in [1.29, 1.82) is 0 Å². The molecule has 1 fully saturated rings. The van der Waals surface area contributed by atoms with E-state index in [4.69, 9.17) is 0 Å². The molecule has 0 spiro atoms. The number of halogens is 1. The molecule has 0 nitrogen and oxygen atoms in total. The van der Waals surface area contributed by atoms with Gasteiger partial charge in [-0.25, -0.2) is 0 Å². The summed E-state index contributed by atoms with van der Waals surface area (Å²) in [6, 6.07) is 0. The van der Waals surface area contributed by atoms with Gasteiger partial charge in [-0.1, -0.05) is 19.8 Å². The van der Waals surface area contributed by atoms with Crippen LogP contribution >= 0.6 is 0 Å². The van der Waals surface area contributed by atoms with Gasteiger partial charge in [-0.05, 0) is 5.92 Å². The van der Waals surface area contributed by atoms with Crippen LogP contribution in [0.2, 0.25) is 0 Å². The number of hydrogen-bond donors (Lipinski definition) is 0. The maximum absolute atomic E-state index is 2.28. The van der Waals surface area contributed by atoms with Gasteiger partial charge in [-0.2, -0.15) is 0 Å². The third kappa shape index (κ3) is 1.71. The minimum absolute atomic E-state index is 0. The lowest BCUT2D eigenvalue weighted by Crippen LogP contribution is -1.42. The van der Waals surface area contributed by atoms with Crippen LogP contribution in [0.3, 0.4) is 0 Å². The van der Waals surface area contributed by atoms with Crippen molar-refractivity contribution in [2.45, 2.75) is 19.8 Å². The van der Waals surface area contributed by atoms with Gasteiger partial charge in [0.15, 0.2) is 0 Å². The summed E-state index contributed by atoms with van der Waals surface area (Å²) in [5.41, 5.74) is 0. The lowest BCUT2D eigenvalue weighted by Gasteiger charge is -1.53. The second-order valence-corrected chi connectivity index (χ2v) is 1.68. The summed E-state index contributed by atoms with van der Waals surface area (Å²) < 4.78 is 0. The first-order valence-corrected chi connectivity index (χ1v) is 1.89. The molecule has 0 aliphatic heterocycles. The molecule has 0 saturated heterocycles. The van der Waals surface area contributed by atoms with Gasteiger partial charge < -0.3 is 0 Å². The van der Waals surface area contributed by atoms with Gasteiger partial charge in [0.05, 0.1) is 0 Å². The van der Waals surface area contributed by atoms with E-state index in [2.05, 4.69) is 6.92 Å². The molecule has 1 aliphatic carbocycles. The van der Waals surface area contributed by atoms with Gasteiger partial charge in [0.2, 0.25) is 0 Å². The van der Waals surface area contributed by atoms with Crippen molar-refractivity contribution < 1.29 is 4.70 Å². The Morgan fingerprint density at radius 3 is 1.60 bits per heavy atom. The van der Waals surface area contributed by atoms with Gasteiger partial charge >= 0.3 is 0 Å². The van der Waals surface area contributed by atoms with Crippen LogP contribution in [0.1, 0.15) is 19.8 Å². The lowest BCUT2D eigenvalue weighted by molar-refractivity contribution is 0.983. The molecule has 0 atom stereocenters. The molecule has 1 saturated carbocycles. The summed E-state index contributed by atoms with van der Waals surface area (Å²) >= 11 is 0. The minimum atomic E-state index is 0. The van der Waals surface area contributed by atoms with Crippen molar-refractivity contribution >= 4 is 0 Å².